The van der Waals surface area contributed by atoms with E-state index in [0.717, 1.165) is 0 Å². The van der Waals surface area contributed by atoms with E-state index in [1.807, 2.05) is 0 Å². The van der Waals surface area contributed by atoms with Crippen molar-refractivity contribution in [3.05, 3.63) is 0 Å². The molecule has 0 atom stereocenters. The third-order valence-corrected chi connectivity index (χ3v) is 5.51. The molecule has 0 aromatic carbocycles. The Morgan fingerprint density at radius 1 is 0.917 bits per heavy atom. The van der Waals surface area contributed by atoms with Crippen LogP contribution in [0.15, 0.2) is 0 Å². The summed E-state index contributed by atoms with van der Waals surface area (Å²) in [6, 6.07) is 0. The second-order valence-corrected chi connectivity index (χ2v) is 6.21. The largest absolute Gasteiger partial charge is 0.426 e. The third-order valence-electron chi connectivity index (χ3n) is 0.612. The first-order valence-corrected chi connectivity index (χ1v) is 6.39. The van der Waals surface area contributed by atoms with Crippen LogP contribution in [-0.2, 0) is 20.0 Å². The summed E-state index contributed by atoms with van der Waals surface area (Å²) >= 11 is 0. The maximum atomic E-state index is 10.2. The summed E-state index contributed by atoms with van der Waals surface area (Å²) in [5.41, 5.74) is 0. The van der Waals surface area contributed by atoms with E-state index in [2.05, 4.69) is 0 Å². The van der Waals surface area contributed by atoms with Gasteiger partial charge in [0.1, 0.15) is 0 Å². The minimum Gasteiger partial charge on any atom is -0.311 e. The minimum absolute atomic E-state index is 1.17. The van der Waals surface area contributed by atoms with Gasteiger partial charge in [-0.3, -0.25) is 0 Å². The van der Waals surface area contributed by atoms with Crippen LogP contribution in [0.5, 0.6) is 0 Å². The first-order valence-electron chi connectivity index (χ1n) is 2.13. The Morgan fingerprint density at radius 2 is 1.17 bits per heavy atom. The van der Waals surface area contributed by atoms with Crippen molar-refractivity contribution in [2.24, 2.45) is 0 Å². The van der Waals surface area contributed by atoms with Crippen molar-refractivity contribution in [3.8, 4) is 0 Å². The molecule has 12 heteroatoms. The smallest absolute Gasteiger partial charge is 0.311 e. The molecule has 4 N–H and O–H groups in total. The highest BCUT2D eigenvalue weighted by Crippen LogP contribution is 2.57. The van der Waals surface area contributed by atoms with Gasteiger partial charge < -0.3 is 19.6 Å². The van der Waals surface area contributed by atoms with Crippen LogP contribution in [0.2, 0.25) is 0 Å². The van der Waals surface area contributed by atoms with Gasteiger partial charge >= 0.3 is 15.5 Å². The summed E-state index contributed by atoms with van der Waals surface area (Å²) in [5.74, 6) is 0. The van der Waals surface area contributed by atoms with Gasteiger partial charge in [-0.05, 0) is 3.85 Å². The van der Waals surface area contributed by atoms with E-state index in [1.54, 1.807) is 0 Å². The Morgan fingerprint density at radius 3 is 1.17 bits per heavy atom. The van der Waals surface area contributed by atoms with Crippen molar-refractivity contribution < 1.29 is 37.1 Å². The number of rotatable bonds is 3. The molecule has 0 rings (SSSR count). The Hall–Kier alpha value is 0.210. The molecule has 0 saturated carbocycles. The quantitative estimate of drug-likeness (QED) is 0.281. The average Bonchev–Trinajstić information content (AvgIpc) is 1.49. The van der Waals surface area contributed by atoms with Crippen LogP contribution < -0.4 is 0 Å². The van der Waals surface area contributed by atoms with Crippen LogP contribution in [-0.4, -0.2) is 31.8 Å². The Kier molecular flexibility index (Phi) is 3.59. The Bertz CT molecular complexity index is 286. The molecular formula is H5NO8P2S. The topological polar surface area (TPSA) is 152 Å². The monoisotopic (exact) mass is 241 g/mol. The molecule has 0 aliphatic carbocycles. The Balaban J connectivity index is 5.25. The van der Waals surface area contributed by atoms with Crippen molar-refractivity contribution in [2.45, 2.75) is 0 Å². The fourth-order valence-corrected chi connectivity index (χ4v) is 3.08. The molecule has 74 valence electrons. The van der Waals surface area contributed by atoms with E-state index in [4.69, 9.17) is 19.6 Å². The van der Waals surface area contributed by atoms with Gasteiger partial charge in [-0.1, -0.05) is 0 Å². The summed E-state index contributed by atoms with van der Waals surface area (Å²) in [7, 11) is -15.0. The SMILES string of the molecule is O=[SH](=O)N(P(=O)(O)O)P(=O)(O)O. The highest BCUT2D eigenvalue weighted by atomic mass is 32.2. The van der Waals surface area contributed by atoms with Gasteiger partial charge in [0.2, 0.25) is 10.9 Å². The van der Waals surface area contributed by atoms with Crippen LogP contribution in [0.1, 0.15) is 0 Å². The highest BCUT2D eigenvalue weighted by molar-refractivity contribution is 7.88. The van der Waals surface area contributed by atoms with Gasteiger partial charge in [0.05, 0.1) is 0 Å². The first-order chi connectivity index (χ1) is 5.07. The van der Waals surface area contributed by atoms with Crippen LogP contribution >= 0.6 is 15.5 Å². The highest BCUT2D eigenvalue weighted by Gasteiger charge is 2.42. The molecule has 0 aromatic rings. The second-order valence-electron chi connectivity index (χ2n) is 1.53. The lowest BCUT2D eigenvalue weighted by Gasteiger charge is -2.15. The lowest BCUT2D eigenvalue weighted by molar-refractivity contribution is 0.306. The predicted molar refractivity (Wildman–Crippen MR) is 36.2 cm³/mol. The Labute approximate surface area is 68.1 Å². The molecule has 0 bridgehead atoms. The molecular weight excluding hydrogens is 236 g/mol. The molecule has 0 aliphatic rings. The van der Waals surface area contributed by atoms with Crippen LogP contribution in [0.3, 0.4) is 0 Å². The molecule has 9 nitrogen and oxygen atoms in total. The maximum Gasteiger partial charge on any atom is 0.426 e. The molecule has 0 heterocycles. The van der Waals surface area contributed by atoms with E-state index in [0.29, 0.717) is 0 Å². The molecule has 0 fully saturated rings. The number of thiol groups is 1. The predicted octanol–water partition coefficient (Wildman–Crippen LogP) is -2.00. The van der Waals surface area contributed by atoms with Gasteiger partial charge in [-0.2, -0.15) is 0 Å². The van der Waals surface area contributed by atoms with Gasteiger partial charge in [0, 0.05) is 0 Å². The fourth-order valence-electron chi connectivity index (χ4n) is 0.342. The lowest BCUT2D eigenvalue weighted by Crippen LogP contribution is -2.14. The fraction of sp³-hybridized carbons (Fsp3) is 0. The standard InChI is InChI=1S/H5NO8P2S/c2-10(3,4)1(12(8)9)11(5,6)7/h12H,(H2,2,3,4)(H2,5,6,7). The van der Waals surface area contributed by atoms with E-state index in [9.17, 15) is 17.5 Å². The summed E-state index contributed by atoms with van der Waals surface area (Å²) < 4.78 is 39.1. The summed E-state index contributed by atoms with van der Waals surface area (Å²) in [6.07, 6.45) is 0. The zero-order chi connectivity index (χ0) is 10.2. The molecule has 0 aliphatic heterocycles. The zero-order valence-electron chi connectivity index (χ0n) is 5.21. The number of hydrogen-bond donors (Lipinski definition) is 5. The number of hydrogen-bond acceptors (Lipinski definition) is 4. The summed E-state index contributed by atoms with van der Waals surface area (Å²) in [4.78, 5) is 32.6. The van der Waals surface area contributed by atoms with Crippen molar-refractivity contribution >= 4 is 26.4 Å². The number of nitrogens with zero attached hydrogens (tertiary/aromatic N) is 1. The van der Waals surface area contributed by atoms with E-state index in [1.165, 1.54) is 0 Å². The van der Waals surface area contributed by atoms with Crippen molar-refractivity contribution in [1.82, 2.24) is 3.85 Å². The van der Waals surface area contributed by atoms with Crippen molar-refractivity contribution in [3.63, 3.8) is 0 Å². The molecule has 0 spiro atoms. The minimum atomic E-state index is -5.48. The van der Waals surface area contributed by atoms with Gasteiger partial charge in [0.25, 0.3) is 0 Å². The van der Waals surface area contributed by atoms with Crippen LogP contribution in [0.4, 0.5) is 0 Å². The average molecular weight is 241 g/mol. The van der Waals surface area contributed by atoms with Gasteiger partial charge in [-0.15, -0.1) is 0 Å². The molecule has 0 unspecified atom stereocenters. The lowest BCUT2D eigenvalue weighted by atomic mass is 13.8. The molecule has 12 heavy (non-hydrogen) atoms. The normalized spacial score (nSPS) is 14.2. The van der Waals surface area contributed by atoms with Crippen LogP contribution in [0.25, 0.3) is 0 Å². The van der Waals surface area contributed by atoms with E-state index in [-0.39, 0.29) is 0 Å². The van der Waals surface area contributed by atoms with Gasteiger partial charge in [0.15, 0.2) is 0 Å². The molecule has 0 amide bonds. The van der Waals surface area contributed by atoms with Crippen LogP contribution in [0, 0.1) is 0 Å². The molecule has 0 radical (unpaired) electrons. The second kappa shape index (κ2) is 3.52. The van der Waals surface area contributed by atoms with E-state index < -0.39 is 30.2 Å². The molecule has 0 aromatic heterocycles. The summed E-state index contributed by atoms with van der Waals surface area (Å²) in [6.45, 7) is 0. The van der Waals surface area contributed by atoms with Crippen molar-refractivity contribution in [2.75, 3.05) is 0 Å². The van der Waals surface area contributed by atoms with E-state index >= 15 is 0 Å². The zero-order valence-corrected chi connectivity index (χ0v) is 7.89. The maximum absolute atomic E-state index is 10.2. The molecule has 0 saturated heterocycles. The van der Waals surface area contributed by atoms with Gasteiger partial charge in [-0.25, -0.2) is 17.5 Å². The first kappa shape index (κ1) is 12.2. The summed E-state index contributed by atoms with van der Waals surface area (Å²) in [5, 5.41) is 0. The third kappa shape index (κ3) is 3.30. The van der Waals surface area contributed by atoms with Crippen molar-refractivity contribution in [1.29, 1.82) is 0 Å².